The average Bonchev–Trinajstić information content (AvgIpc) is 2.67. The lowest BCUT2D eigenvalue weighted by Crippen LogP contribution is -2.03. The Morgan fingerprint density at radius 1 is 1.59 bits per heavy atom. The maximum atomic E-state index is 13.7. The molecule has 2 aromatic rings. The zero-order chi connectivity index (χ0) is 12.4. The van der Waals surface area contributed by atoms with E-state index in [0.29, 0.717) is 5.16 Å². The Labute approximate surface area is 98.7 Å². The van der Waals surface area contributed by atoms with Gasteiger partial charge in [-0.3, -0.25) is 0 Å². The van der Waals surface area contributed by atoms with Crippen molar-refractivity contribution in [2.24, 2.45) is 7.05 Å². The summed E-state index contributed by atoms with van der Waals surface area (Å²) in [6.07, 6.45) is 1.22. The van der Waals surface area contributed by atoms with Gasteiger partial charge in [0.25, 0.3) is 0 Å². The quantitative estimate of drug-likeness (QED) is 0.857. The molecule has 1 N–H and O–H groups in total. The first-order valence-electron chi connectivity index (χ1n) is 4.37. The molecule has 0 spiro atoms. The van der Waals surface area contributed by atoms with Crippen LogP contribution in [-0.2, 0) is 7.05 Å². The van der Waals surface area contributed by atoms with Crippen LogP contribution in [0.3, 0.4) is 0 Å². The monoisotopic (exact) mass is 255 g/mol. The number of pyridine rings is 1. The molecule has 88 valence electrons. The molecule has 2 rings (SSSR count). The van der Waals surface area contributed by atoms with Crippen molar-refractivity contribution >= 4 is 17.7 Å². The van der Waals surface area contributed by atoms with Crippen LogP contribution in [0, 0.1) is 5.82 Å². The highest BCUT2D eigenvalue weighted by molar-refractivity contribution is 7.99. The van der Waals surface area contributed by atoms with Crippen LogP contribution in [-0.4, -0.2) is 36.3 Å². The molecule has 0 aliphatic rings. The van der Waals surface area contributed by atoms with E-state index in [2.05, 4.69) is 20.5 Å². The van der Waals surface area contributed by atoms with Gasteiger partial charge in [-0.15, -0.1) is 5.10 Å². The third-order valence-electron chi connectivity index (χ3n) is 1.86. The zero-order valence-electron chi connectivity index (χ0n) is 8.53. The van der Waals surface area contributed by atoms with Gasteiger partial charge in [-0.1, -0.05) is 0 Å². The van der Waals surface area contributed by atoms with Gasteiger partial charge in [0.15, 0.2) is 5.82 Å². The van der Waals surface area contributed by atoms with Gasteiger partial charge in [-0.05, 0) is 28.3 Å². The minimum Gasteiger partial charge on any atom is -0.478 e. The van der Waals surface area contributed by atoms with Crippen molar-refractivity contribution in [1.29, 1.82) is 0 Å². The molecule has 7 nitrogen and oxygen atoms in total. The van der Waals surface area contributed by atoms with Gasteiger partial charge >= 0.3 is 5.97 Å². The van der Waals surface area contributed by atoms with Crippen LogP contribution in [0.2, 0.25) is 0 Å². The van der Waals surface area contributed by atoms with Gasteiger partial charge in [0.05, 0.1) is 5.56 Å². The molecule has 0 saturated heterocycles. The number of hydrogen-bond acceptors (Lipinski definition) is 6. The summed E-state index contributed by atoms with van der Waals surface area (Å²) in [6, 6.07) is 1.09. The maximum absolute atomic E-state index is 13.7. The first-order chi connectivity index (χ1) is 8.09. The second-order valence-corrected chi connectivity index (χ2v) is 3.93. The van der Waals surface area contributed by atoms with E-state index in [1.165, 1.54) is 10.9 Å². The predicted octanol–water partition coefficient (Wildman–Crippen LogP) is 0.594. The van der Waals surface area contributed by atoms with Crippen LogP contribution < -0.4 is 0 Å². The van der Waals surface area contributed by atoms with Gasteiger partial charge in [-0.25, -0.2) is 18.9 Å². The van der Waals surface area contributed by atoms with E-state index in [0.717, 1.165) is 17.8 Å². The molecule has 0 aliphatic carbocycles. The second kappa shape index (κ2) is 4.45. The summed E-state index contributed by atoms with van der Waals surface area (Å²) in [4.78, 5) is 14.5. The molecule has 2 aromatic heterocycles. The molecule has 9 heteroatoms. The van der Waals surface area contributed by atoms with Crippen molar-refractivity contribution in [3.05, 3.63) is 23.6 Å². The molecular weight excluding hydrogens is 249 g/mol. The summed E-state index contributed by atoms with van der Waals surface area (Å²) in [5.41, 5.74) is -0.433. The van der Waals surface area contributed by atoms with Crippen LogP contribution in [0.25, 0.3) is 0 Å². The van der Waals surface area contributed by atoms with Crippen molar-refractivity contribution in [2.75, 3.05) is 0 Å². The van der Waals surface area contributed by atoms with Crippen molar-refractivity contribution in [3.8, 4) is 0 Å². The lowest BCUT2D eigenvalue weighted by Gasteiger charge is -2.02. The molecular formula is C8H6FN5O2S. The van der Waals surface area contributed by atoms with E-state index < -0.39 is 17.3 Å². The molecule has 0 aliphatic heterocycles. The summed E-state index contributed by atoms with van der Waals surface area (Å²) in [5, 5.41) is 19.6. The largest absolute Gasteiger partial charge is 0.478 e. The number of nitrogens with zero attached hydrogens (tertiary/aromatic N) is 5. The van der Waals surface area contributed by atoms with E-state index in [1.54, 1.807) is 7.05 Å². The summed E-state index contributed by atoms with van der Waals surface area (Å²) in [6.45, 7) is 0. The molecule has 0 bridgehead atoms. The van der Waals surface area contributed by atoms with E-state index in [4.69, 9.17) is 5.11 Å². The predicted molar refractivity (Wildman–Crippen MR) is 54.1 cm³/mol. The molecule has 17 heavy (non-hydrogen) atoms. The number of rotatable bonds is 3. The number of carboxylic acids is 1. The summed E-state index contributed by atoms with van der Waals surface area (Å²) < 4.78 is 15.0. The van der Waals surface area contributed by atoms with Crippen molar-refractivity contribution in [1.82, 2.24) is 25.2 Å². The zero-order valence-corrected chi connectivity index (χ0v) is 9.35. The Morgan fingerprint density at radius 3 is 2.94 bits per heavy atom. The highest BCUT2D eigenvalue weighted by atomic mass is 32.2. The smallest absolute Gasteiger partial charge is 0.338 e. The Balaban J connectivity index is 2.37. The number of hydrogen-bond donors (Lipinski definition) is 1. The molecule has 0 atom stereocenters. The molecule has 0 unspecified atom stereocenters. The molecule has 0 fully saturated rings. The van der Waals surface area contributed by atoms with Crippen molar-refractivity contribution in [2.45, 2.75) is 10.2 Å². The van der Waals surface area contributed by atoms with Crippen LogP contribution in [0.1, 0.15) is 10.4 Å². The van der Waals surface area contributed by atoms with E-state index in [9.17, 15) is 9.18 Å². The summed E-state index contributed by atoms with van der Waals surface area (Å²) in [7, 11) is 1.58. The standard InChI is InChI=1S/C8H6FN5O2S/c1-14-8(11-12-13-14)17-6-5(9)4(7(15)16)2-3-10-6/h2-3H,1H3,(H,15,16). The van der Waals surface area contributed by atoms with Gasteiger partial charge < -0.3 is 5.11 Å². The number of carbonyl (C=O) groups is 1. The Kier molecular flexibility index (Phi) is 3.00. The second-order valence-electron chi connectivity index (χ2n) is 2.97. The summed E-state index contributed by atoms with van der Waals surface area (Å²) in [5.74, 6) is -2.24. The minimum atomic E-state index is -1.34. The van der Waals surface area contributed by atoms with Crippen LogP contribution in [0.4, 0.5) is 4.39 Å². The number of aromatic carboxylic acids is 1. The number of aryl methyl sites for hydroxylation is 1. The third kappa shape index (κ3) is 2.23. The van der Waals surface area contributed by atoms with Crippen molar-refractivity contribution < 1.29 is 14.3 Å². The van der Waals surface area contributed by atoms with Gasteiger partial charge in [0.1, 0.15) is 5.03 Å². The third-order valence-corrected chi connectivity index (χ3v) is 2.86. The topological polar surface area (TPSA) is 93.8 Å². The van der Waals surface area contributed by atoms with Gasteiger partial charge in [0.2, 0.25) is 5.16 Å². The lowest BCUT2D eigenvalue weighted by molar-refractivity contribution is 0.0691. The normalized spacial score (nSPS) is 10.5. The minimum absolute atomic E-state index is 0.0807. The Hall–Kier alpha value is -2.03. The first-order valence-corrected chi connectivity index (χ1v) is 5.19. The van der Waals surface area contributed by atoms with Crippen LogP contribution in [0.15, 0.2) is 22.4 Å². The maximum Gasteiger partial charge on any atom is 0.338 e. The summed E-state index contributed by atoms with van der Waals surface area (Å²) >= 11 is 0.856. The van der Waals surface area contributed by atoms with E-state index in [1.807, 2.05) is 0 Å². The van der Waals surface area contributed by atoms with Gasteiger partial charge in [0, 0.05) is 13.2 Å². The molecule has 0 radical (unpaired) electrons. The fourth-order valence-electron chi connectivity index (χ4n) is 1.06. The Morgan fingerprint density at radius 2 is 2.35 bits per heavy atom. The first kappa shape index (κ1) is 11.5. The lowest BCUT2D eigenvalue weighted by atomic mass is 10.3. The highest BCUT2D eigenvalue weighted by Gasteiger charge is 2.17. The van der Waals surface area contributed by atoms with Gasteiger partial charge in [-0.2, -0.15) is 0 Å². The fourth-order valence-corrected chi connectivity index (χ4v) is 1.79. The number of carboxylic acid groups (broad SMARTS) is 1. The van der Waals surface area contributed by atoms with Crippen LogP contribution >= 0.6 is 11.8 Å². The van der Waals surface area contributed by atoms with E-state index >= 15 is 0 Å². The SMILES string of the molecule is Cn1nnnc1Sc1nccc(C(=O)O)c1F. The Bertz CT molecular complexity index is 573. The molecule has 2 heterocycles. The molecule has 0 saturated carbocycles. The number of halogens is 1. The van der Waals surface area contributed by atoms with Crippen molar-refractivity contribution in [3.63, 3.8) is 0 Å². The molecule has 0 aromatic carbocycles. The van der Waals surface area contributed by atoms with Crippen LogP contribution in [0.5, 0.6) is 0 Å². The highest BCUT2D eigenvalue weighted by Crippen LogP contribution is 2.26. The number of tetrazole rings is 1. The molecule has 0 amide bonds. The van der Waals surface area contributed by atoms with E-state index in [-0.39, 0.29) is 5.03 Å². The average molecular weight is 255 g/mol. The number of aromatic nitrogens is 5. The fraction of sp³-hybridized carbons (Fsp3) is 0.125.